The van der Waals surface area contributed by atoms with Crippen molar-refractivity contribution in [2.45, 2.75) is 110 Å². The molecule has 4 saturated carbocycles. The second-order valence-electron chi connectivity index (χ2n) is 29.4. The summed E-state index contributed by atoms with van der Waals surface area (Å²) in [4.78, 5) is 94.9. The molecule has 15 aromatic rings. The van der Waals surface area contributed by atoms with Crippen LogP contribution in [0.25, 0.3) is 89.8 Å². The molecule has 11 aromatic heterocycles. The van der Waals surface area contributed by atoms with Crippen LogP contribution in [-0.2, 0) is 4.79 Å². The highest BCUT2D eigenvalue weighted by atomic mass is 35.5. The van der Waals surface area contributed by atoms with Crippen molar-refractivity contribution in [3.63, 3.8) is 0 Å². The second-order valence-corrected chi connectivity index (χ2v) is 31.3. The van der Waals surface area contributed by atoms with E-state index in [1.807, 2.05) is 82.1 Å². The number of fused-ring (bicyclic) bond motifs is 3. The van der Waals surface area contributed by atoms with Gasteiger partial charge in [-0.05, 0) is 173 Å². The van der Waals surface area contributed by atoms with Crippen LogP contribution in [0, 0.1) is 31.3 Å². The molecule has 6 amide bonds. The van der Waals surface area contributed by atoms with Crippen LogP contribution >= 0.6 is 34.5 Å². The number of aliphatic hydroxyl groups excluding tert-OH is 1. The minimum absolute atomic E-state index is 0.000200. The molecule has 0 spiro atoms. The number of nitrogens with zero attached hydrogens (tertiary/aromatic N) is 15. The van der Waals surface area contributed by atoms with Gasteiger partial charge in [-0.2, -0.15) is 15.3 Å². The summed E-state index contributed by atoms with van der Waals surface area (Å²) in [5, 5.41) is 41.3. The van der Waals surface area contributed by atoms with Crippen LogP contribution < -0.4 is 31.9 Å². The average Bonchev–Trinajstić information content (AvgIpc) is 1.63. The van der Waals surface area contributed by atoms with E-state index < -0.39 is 35.2 Å². The number of imidazole rings is 4. The van der Waals surface area contributed by atoms with E-state index in [1.165, 1.54) is 42.5 Å². The Kier molecular flexibility index (Phi) is 22.7. The fraction of sp³-hybridized carbons (Fsp3) is 0.209. The first-order valence-electron chi connectivity index (χ1n) is 38.5. The molecule has 34 heteroatoms. The van der Waals surface area contributed by atoms with Crippen molar-refractivity contribution >= 4 is 97.8 Å². The highest BCUT2D eigenvalue weighted by Crippen LogP contribution is 2.36. The van der Waals surface area contributed by atoms with Crippen LogP contribution in [-0.4, -0.2) is 143 Å². The molecular formula is C86H76Cl2F3N21O7S. The van der Waals surface area contributed by atoms with E-state index in [2.05, 4.69) is 78.7 Å². The number of anilines is 1. The lowest BCUT2D eigenvalue weighted by Gasteiger charge is -2.09. The molecule has 7 N–H and O–H groups in total. The fourth-order valence-electron chi connectivity index (χ4n) is 13.0. The Labute approximate surface area is 696 Å². The standard InChI is InChI=1S/C25H25FN6O2.C23H21N5O2.C20H15ClFN5O.C18H15ClFN5O2S/c1-3-8-27-24(33)16-4-7-22-28-12-23(31(22)13-16)32-14-17(11-29-32)19-10-20(21(26)9-15(19)2)25(34)30-18-5-6-18;1-14-3-4-16(23(30)26-18-6-7-18)9-19(14)20-12-27(13-25-20)22-10-24-21-8-5-17(15(2)29)11-28(21)22;21-16-8-17(22)15(20(28)25-13-4-5-13)7-14(16)12-9-24-27(11-12)19-10-23-18-3-1-2-6-26(18)19;1-9(26)23-18-21-7-16(28-18)25-8-10(6-22-25)12-4-13(15(20)5-14(12)19)17(27)24-11-2-3-11/h4,7,9-14,18H,3,5-6,8H2,1-2H3,(H,27,33)(H,30,34);3-5,8-13,18,29H,2,6-7H2,1H3,(H,26,30);1-3,6-11,13H,4-5H2,(H,25,28);4-8,11H,2-3H2,1H3,(H,24,27)(H,21,23,26). The number of amides is 6. The van der Waals surface area contributed by atoms with Gasteiger partial charge in [0.05, 0.1) is 81.4 Å². The minimum atomic E-state index is -0.665. The largest absolute Gasteiger partial charge is 0.508 e. The van der Waals surface area contributed by atoms with E-state index in [1.54, 1.807) is 130 Å². The number of pyridine rings is 3. The number of nitrogens with one attached hydrogen (secondary N) is 6. The Bertz CT molecular complexity index is 6540. The second kappa shape index (κ2) is 34.0. The Morgan fingerprint density at radius 1 is 0.492 bits per heavy atom. The number of aromatic nitrogens is 15. The maximum Gasteiger partial charge on any atom is 0.254 e. The van der Waals surface area contributed by atoms with Crippen molar-refractivity contribution < 1.29 is 47.0 Å². The predicted octanol–water partition coefficient (Wildman–Crippen LogP) is 15.1. The summed E-state index contributed by atoms with van der Waals surface area (Å²) >= 11 is 13.7. The van der Waals surface area contributed by atoms with E-state index in [0.717, 1.165) is 115 Å². The molecular weight excluding hydrogens is 1600 g/mol. The van der Waals surface area contributed by atoms with Gasteiger partial charge in [0.1, 0.15) is 57.3 Å². The number of aliphatic hydroxyl groups is 1. The number of thiazole rings is 1. The summed E-state index contributed by atoms with van der Waals surface area (Å²) in [5.74, 6) is -1.33. The third-order valence-electron chi connectivity index (χ3n) is 20.1. The number of carbonyl (C=O) groups excluding carboxylic acids is 6. The van der Waals surface area contributed by atoms with Gasteiger partial charge in [-0.1, -0.05) is 60.2 Å². The van der Waals surface area contributed by atoms with Gasteiger partial charge in [-0.25, -0.2) is 52.1 Å². The lowest BCUT2D eigenvalue weighted by Crippen LogP contribution is -2.26. The number of benzene rings is 4. The first-order chi connectivity index (χ1) is 57.9. The van der Waals surface area contributed by atoms with Gasteiger partial charge in [0, 0.05) is 126 Å². The molecule has 0 unspecified atom stereocenters. The first-order valence-corrected chi connectivity index (χ1v) is 40.1. The topological polar surface area (TPSA) is 331 Å². The zero-order chi connectivity index (χ0) is 83.7. The summed E-state index contributed by atoms with van der Waals surface area (Å²) in [6, 6.07) is 27.4. The molecule has 4 aliphatic rings. The third kappa shape index (κ3) is 18.0. The van der Waals surface area contributed by atoms with Gasteiger partial charge in [0.15, 0.2) is 16.8 Å². The molecule has 120 heavy (non-hydrogen) atoms. The number of aryl methyl sites for hydroxylation is 2. The van der Waals surface area contributed by atoms with Crippen LogP contribution in [0.15, 0.2) is 197 Å². The Morgan fingerprint density at radius 3 is 1.53 bits per heavy atom. The third-order valence-corrected chi connectivity index (χ3v) is 21.6. The zero-order valence-electron chi connectivity index (χ0n) is 64.9. The maximum atomic E-state index is 14.5. The minimum Gasteiger partial charge on any atom is -0.508 e. The van der Waals surface area contributed by atoms with Gasteiger partial charge >= 0.3 is 0 Å². The number of hydrogen-bond donors (Lipinski definition) is 7. The quantitative estimate of drug-likeness (QED) is 0.0329. The predicted molar refractivity (Wildman–Crippen MR) is 448 cm³/mol. The van der Waals surface area contributed by atoms with E-state index in [4.69, 9.17) is 23.2 Å². The van der Waals surface area contributed by atoms with E-state index >= 15 is 0 Å². The molecule has 4 aliphatic carbocycles. The molecule has 4 fully saturated rings. The summed E-state index contributed by atoms with van der Waals surface area (Å²) in [7, 11) is 0. The van der Waals surface area contributed by atoms with E-state index in [0.29, 0.717) is 78.7 Å². The molecule has 0 atom stereocenters. The van der Waals surface area contributed by atoms with Crippen molar-refractivity contribution in [1.29, 1.82) is 0 Å². The van der Waals surface area contributed by atoms with Crippen LogP contribution in [0.5, 0.6) is 0 Å². The van der Waals surface area contributed by atoms with Crippen LogP contribution in [0.2, 0.25) is 10.0 Å². The summed E-state index contributed by atoms with van der Waals surface area (Å²) in [5.41, 5.74) is 11.2. The Hall–Kier alpha value is -13.9. The van der Waals surface area contributed by atoms with Crippen LogP contribution in [0.4, 0.5) is 18.3 Å². The maximum absolute atomic E-state index is 14.5. The van der Waals surface area contributed by atoms with Crippen molar-refractivity contribution in [1.82, 2.24) is 98.6 Å². The van der Waals surface area contributed by atoms with E-state index in [9.17, 15) is 47.0 Å². The number of rotatable bonds is 21. The van der Waals surface area contributed by atoms with Gasteiger partial charge in [-0.15, -0.1) is 0 Å². The van der Waals surface area contributed by atoms with Gasteiger partial charge in [0.25, 0.3) is 29.5 Å². The fourth-order valence-corrected chi connectivity index (χ4v) is 14.3. The lowest BCUT2D eigenvalue weighted by atomic mass is 9.99. The highest BCUT2D eigenvalue weighted by molar-refractivity contribution is 7.18. The zero-order valence-corrected chi connectivity index (χ0v) is 67.2. The number of halogens is 5. The molecule has 28 nitrogen and oxygen atoms in total. The summed E-state index contributed by atoms with van der Waals surface area (Å²) in [6.07, 6.45) is 34.4. The number of carbonyl (C=O) groups is 6. The molecule has 0 radical (unpaired) electrons. The van der Waals surface area contributed by atoms with Gasteiger partial charge < -0.3 is 37.0 Å². The normalized spacial score (nSPS) is 13.5. The molecule has 0 bridgehead atoms. The summed E-state index contributed by atoms with van der Waals surface area (Å²) < 4.78 is 55.4. The number of hydrogen-bond acceptors (Lipinski definition) is 16. The smallest absolute Gasteiger partial charge is 0.254 e. The van der Waals surface area contributed by atoms with Gasteiger partial charge in [-0.3, -0.25) is 46.5 Å². The monoisotopic (exact) mass is 1670 g/mol. The molecule has 11 heterocycles. The molecule has 19 rings (SSSR count). The Balaban J connectivity index is 0.000000119. The average molecular weight is 1680 g/mol. The van der Waals surface area contributed by atoms with Crippen molar-refractivity contribution in [3.8, 4) is 67.1 Å². The van der Waals surface area contributed by atoms with Crippen LogP contribution in [0.1, 0.15) is 140 Å². The first kappa shape index (κ1) is 80.0. The van der Waals surface area contributed by atoms with Crippen molar-refractivity contribution in [2.75, 3.05) is 11.9 Å². The molecule has 4 aromatic carbocycles. The Morgan fingerprint density at radius 2 is 0.975 bits per heavy atom. The van der Waals surface area contributed by atoms with E-state index in [-0.39, 0.29) is 68.3 Å². The van der Waals surface area contributed by atoms with Gasteiger partial charge in [0.2, 0.25) is 5.91 Å². The van der Waals surface area contributed by atoms with Crippen molar-refractivity contribution in [3.05, 3.63) is 269 Å². The highest BCUT2D eigenvalue weighted by Gasteiger charge is 2.31. The van der Waals surface area contributed by atoms with Crippen molar-refractivity contribution in [2.24, 2.45) is 0 Å². The molecule has 0 aliphatic heterocycles. The van der Waals surface area contributed by atoms with Crippen LogP contribution in [0.3, 0.4) is 0 Å². The lowest BCUT2D eigenvalue weighted by molar-refractivity contribution is -0.114. The molecule has 0 saturated heterocycles. The SMILES string of the molecule is C=C(O)c1ccc2ncc(-n3cnc(-c4cc(C(=O)NC5CC5)ccc4C)c3)n2c1.CC(=O)Nc1ncc(-n2cc(-c3cc(C(=O)NC4CC4)c(F)cc3Cl)cn2)s1.CCCNC(=O)c1ccc2ncc(-n3cc(-c4cc(C(=O)NC5CC5)c(F)cc4C)cn3)n2c1.O=C(NC1CC1)c1cc(-c2cnn(-c3cnc4ccccn34)c2)c(Cl)cc1F. The summed E-state index contributed by atoms with van der Waals surface area (Å²) in [6.45, 7) is 11.4. The molecule has 608 valence electrons.